The number of nitrogens with one attached hydrogen (secondary N) is 1. The van der Waals surface area contributed by atoms with E-state index in [1.54, 1.807) is 6.07 Å². The number of hydrogen-bond acceptors (Lipinski definition) is 2. The zero-order valence-electron chi connectivity index (χ0n) is 11.4. The largest absolute Gasteiger partial charge is 0.341 e. The lowest BCUT2D eigenvalue weighted by molar-refractivity contribution is -0.130. The third kappa shape index (κ3) is 4.03. The van der Waals surface area contributed by atoms with Gasteiger partial charge in [0.1, 0.15) is 5.82 Å². The second kappa shape index (κ2) is 6.66. The van der Waals surface area contributed by atoms with Crippen LogP contribution in [0.15, 0.2) is 18.2 Å². The van der Waals surface area contributed by atoms with Crippen molar-refractivity contribution in [3.8, 4) is 0 Å². The smallest absolute Gasteiger partial charge is 0.222 e. The molecule has 1 N–H and O–H groups in total. The molecule has 1 fully saturated rings. The van der Waals surface area contributed by atoms with E-state index in [0.717, 1.165) is 38.2 Å². The first-order valence-electron chi connectivity index (χ1n) is 6.90. The molecular weight excluding hydrogens is 243 g/mol. The minimum Gasteiger partial charge on any atom is -0.341 e. The normalized spacial score (nSPS) is 16.2. The molecule has 0 spiro atoms. The van der Waals surface area contributed by atoms with Gasteiger partial charge in [0, 0.05) is 26.1 Å². The molecule has 4 heteroatoms. The van der Waals surface area contributed by atoms with Crippen LogP contribution < -0.4 is 5.32 Å². The van der Waals surface area contributed by atoms with Crippen LogP contribution in [0.2, 0.25) is 0 Å². The Morgan fingerprint density at radius 2 is 2.21 bits per heavy atom. The number of benzene rings is 1. The fraction of sp³-hybridized carbons (Fsp3) is 0.533. The molecule has 0 saturated carbocycles. The van der Waals surface area contributed by atoms with Crippen molar-refractivity contribution in [2.45, 2.75) is 26.2 Å². The minimum atomic E-state index is -0.203. The van der Waals surface area contributed by atoms with Gasteiger partial charge in [0.25, 0.3) is 0 Å². The SMILES string of the molecule is Cc1ccc(CCC(=O)N2CCCNCC2)c(F)c1. The number of rotatable bonds is 3. The summed E-state index contributed by atoms with van der Waals surface area (Å²) >= 11 is 0. The van der Waals surface area contributed by atoms with Gasteiger partial charge in [0.05, 0.1) is 0 Å². The van der Waals surface area contributed by atoms with Gasteiger partial charge in [-0.2, -0.15) is 0 Å². The van der Waals surface area contributed by atoms with Crippen molar-refractivity contribution < 1.29 is 9.18 Å². The minimum absolute atomic E-state index is 0.128. The Balaban J connectivity index is 1.88. The van der Waals surface area contributed by atoms with Gasteiger partial charge in [0.15, 0.2) is 0 Å². The Hall–Kier alpha value is -1.42. The summed E-state index contributed by atoms with van der Waals surface area (Å²) < 4.78 is 13.7. The van der Waals surface area contributed by atoms with Gasteiger partial charge >= 0.3 is 0 Å². The van der Waals surface area contributed by atoms with Gasteiger partial charge in [0.2, 0.25) is 5.91 Å². The summed E-state index contributed by atoms with van der Waals surface area (Å²) in [5, 5.41) is 3.27. The lowest BCUT2D eigenvalue weighted by Crippen LogP contribution is -2.34. The summed E-state index contributed by atoms with van der Waals surface area (Å²) in [5.74, 6) is -0.0750. The predicted octanol–water partition coefficient (Wildman–Crippen LogP) is 1.89. The van der Waals surface area contributed by atoms with Gasteiger partial charge in [-0.3, -0.25) is 4.79 Å². The zero-order chi connectivity index (χ0) is 13.7. The van der Waals surface area contributed by atoms with Crippen molar-refractivity contribution in [1.82, 2.24) is 10.2 Å². The van der Waals surface area contributed by atoms with Crippen LogP contribution in [0.3, 0.4) is 0 Å². The molecule has 1 aliphatic rings. The molecule has 3 nitrogen and oxygen atoms in total. The van der Waals surface area contributed by atoms with Gasteiger partial charge in [-0.25, -0.2) is 4.39 Å². The number of aryl methyl sites for hydroxylation is 2. The van der Waals surface area contributed by atoms with E-state index in [1.807, 2.05) is 17.9 Å². The summed E-state index contributed by atoms with van der Waals surface area (Å²) in [4.78, 5) is 14.0. The maximum Gasteiger partial charge on any atom is 0.222 e. The molecule has 0 bridgehead atoms. The van der Waals surface area contributed by atoms with Crippen molar-refractivity contribution >= 4 is 5.91 Å². The molecule has 1 aromatic carbocycles. The Bertz CT molecular complexity index is 440. The Kier molecular flexibility index (Phi) is 4.91. The molecule has 0 radical (unpaired) electrons. The number of carbonyl (C=O) groups excluding carboxylic acids is 1. The lowest BCUT2D eigenvalue weighted by Gasteiger charge is -2.19. The highest BCUT2D eigenvalue weighted by Crippen LogP contribution is 2.13. The molecular formula is C15H21FN2O. The maximum absolute atomic E-state index is 13.7. The molecule has 1 heterocycles. The third-order valence-corrected chi connectivity index (χ3v) is 3.51. The first kappa shape index (κ1) is 14.0. The van der Waals surface area contributed by atoms with Crippen LogP contribution in [0.25, 0.3) is 0 Å². The van der Waals surface area contributed by atoms with E-state index in [-0.39, 0.29) is 11.7 Å². The first-order valence-corrected chi connectivity index (χ1v) is 6.90. The van der Waals surface area contributed by atoms with Crippen LogP contribution in [0.1, 0.15) is 24.0 Å². The van der Waals surface area contributed by atoms with Crippen LogP contribution in [0.5, 0.6) is 0 Å². The summed E-state index contributed by atoms with van der Waals surface area (Å²) in [7, 11) is 0. The fourth-order valence-corrected chi connectivity index (χ4v) is 2.35. The molecule has 2 rings (SSSR count). The standard InChI is InChI=1S/C15H21FN2O/c1-12-3-4-13(14(16)11-12)5-6-15(19)18-9-2-7-17-8-10-18/h3-4,11,17H,2,5-10H2,1H3. The number of nitrogens with zero attached hydrogens (tertiary/aromatic N) is 1. The number of halogens is 1. The average molecular weight is 264 g/mol. The van der Waals surface area contributed by atoms with Crippen molar-refractivity contribution in [2.75, 3.05) is 26.2 Å². The topological polar surface area (TPSA) is 32.3 Å². The third-order valence-electron chi connectivity index (χ3n) is 3.51. The summed E-state index contributed by atoms with van der Waals surface area (Å²) in [5.41, 5.74) is 1.54. The van der Waals surface area contributed by atoms with Crippen molar-refractivity contribution in [2.24, 2.45) is 0 Å². The van der Waals surface area contributed by atoms with E-state index >= 15 is 0 Å². The highest BCUT2D eigenvalue weighted by atomic mass is 19.1. The van der Waals surface area contributed by atoms with Crippen LogP contribution >= 0.6 is 0 Å². The quantitative estimate of drug-likeness (QED) is 0.904. The highest BCUT2D eigenvalue weighted by Gasteiger charge is 2.15. The Labute approximate surface area is 113 Å². The van der Waals surface area contributed by atoms with Gasteiger partial charge in [-0.05, 0) is 43.5 Å². The van der Waals surface area contributed by atoms with Gasteiger partial charge in [-0.1, -0.05) is 12.1 Å². The van der Waals surface area contributed by atoms with Gasteiger partial charge in [-0.15, -0.1) is 0 Å². The van der Waals surface area contributed by atoms with Gasteiger partial charge < -0.3 is 10.2 Å². The van der Waals surface area contributed by atoms with E-state index in [4.69, 9.17) is 0 Å². The van der Waals surface area contributed by atoms with Crippen molar-refractivity contribution in [3.63, 3.8) is 0 Å². The number of amides is 1. The van der Waals surface area contributed by atoms with Crippen LogP contribution in [0.4, 0.5) is 4.39 Å². The maximum atomic E-state index is 13.7. The molecule has 0 unspecified atom stereocenters. The van der Waals surface area contributed by atoms with E-state index in [9.17, 15) is 9.18 Å². The Morgan fingerprint density at radius 1 is 1.37 bits per heavy atom. The number of carbonyl (C=O) groups is 1. The molecule has 1 aromatic rings. The average Bonchev–Trinajstić information content (AvgIpc) is 2.66. The van der Waals surface area contributed by atoms with E-state index < -0.39 is 0 Å². The van der Waals surface area contributed by atoms with Crippen LogP contribution in [-0.2, 0) is 11.2 Å². The molecule has 1 aliphatic heterocycles. The molecule has 1 saturated heterocycles. The van der Waals surface area contributed by atoms with Crippen molar-refractivity contribution in [1.29, 1.82) is 0 Å². The molecule has 0 atom stereocenters. The second-order valence-electron chi connectivity index (χ2n) is 5.08. The molecule has 0 aromatic heterocycles. The van der Waals surface area contributed by atoms with Crippen molar-refractivity contribution in [3.05, 3.63) is 35.1 Å². The number of hydrogen-bond donors (Lipinski definition) is 1. The van der Waals surface area contributed by atoms with Crippen LogP contribution in [0, 0.1) is 12.7 Å². The first-order chi connectivity index (χ1) is 9.16. The predicted molar refractivity (Wildman–Crippen MR) is 73.5 cm³/mol. The van der Waals surface area contributed by atoms with E-state index in [0.29, 0.717) is 18.4 Å². The fourth-order valence-electron chi connectivity index (χ4n) is 2.35. The molecule has 104 valence electrons. The second-order valence-corrected chi connectivity index (χ2v) is 5.08. The molecule has 19 heavy (non-hydrogen) atoms. The van der Waals surface area contributed by atoms with E-state index in [1.165, 1.54) is 6.07 Å². The zero-order valence-corrected chi connectivity index (χ0v) is 11.4. The Morgan fingerprint density at radius 3 is 3.00 bits per heavy atom. The van der Waals surface area contributed by atoms with E-state index in [2.05, 4.69) is 5.32 Å². The molecule has 0 aliphatic carbocycles. The summed E-state index contributed by atoms with van der Waals surface area (Å²) in [6.07, 6.45) is 1.86. The summed E-state index contributed by atoms with van der Waals surface area (Å²) in [6, 6.07) is 5.19. The van der Waals surface area contributed by atoms with Crippen LogP contribution in [-0.4, -0.2) is 37.0 Å². The highest BCUT2D eigenvalue weighted by molar-refractivity contribution is 5.76. The lowest BCUT2D eigenvalue weighted by atomic mass is 10.1. The summed E-state index contributed by atoms with van der Waals surface area (Å²) in [6.45, 7) is 5.25. The monoisotopic (exact) mass is 264 g/mol. The molecule has 1 amide bonds.